The van der Waals surface area contributed by atoms with Gasteiger partial charge in [-0.3, -0.25) is 4.79 Å². The maximum absolute atomic E-state index is 12.8. The number of likely N-dealkylation sites (tertiary alicyclic amines) is 1. The van der Waals surface area contributed by atoms with Gasteiger partial charge in [-0.05, 0) is 49.2 Å². The zero-order valence-electron chi connectivity index (χ0n) is 15.1. The first kappa shape index (κ1) is 19.0. The summed E-state index contributed by atoms with van der Waals surface area (Å²) < 4.78 is 25.0. The van der Waals surface area contributed by atoms with E-state index in [0.717, 1.165) is 29.7 Å². The van der Waals surface area contributed by atoms with Gasteiger partial charge in [-0.15, -0.1) is 0 Å². The molecule has 0 aliphatic carbocycles. The van der Waals surface area contributed by atoms with Gasteiger partial charge < -0.3 is 9.88 Å². The lowest BCUT2D eigenvalue weighted by Crippen LogP contribution is -2.32. The third-order valence-electron chi connectivity index (χ3n) is 5.05. The van der Waals surface area contributed by atoms with Gasteiger partial charge in [-0.2, -0.15) is 0 Å². The third kappa shape index (κ3) is 3.77. The fourth-order valence-electron chi connectivity index (χ4n) is 3.60. The van der Waals surface area contributed by atoms with Crippen molar-refractivity contribution in [1.82, 2.24) is 14.9 Å². The lowest BCUT2D eigenvalue weighted by Gasteiger charge is -2.23. The van der Waals surface area contributed by atoms with Gasteiger partial charge in [-0.1, -0.05) is 23.7 Å². The van der Waals surface area contributed by atoms with Crippen molar-refractivity contribution < 1.29 is 13.2 Å². The number of amides is 1. The molecule has 1 aliphatic heterocycles. The Morgan fingerprint density at radius 1 is 1.18 bits per heavy atom. The Morgan fingerprint density at radius 3 is 2.68 bits per heavy atom. The van der Waals surface area contributed by atoms with E-state index < -0.39 is 9.84 Å². The molecule has 28 heavy (non-hydrogen) atoms. The van der Waals surface area contributed by atoms with Crippen molar-refractivity contribution in [2.24, 2.45) is 0 Å². The molecule has 6 nitrogen and oxygen atoms in total. The topological polar surface area (TPSA) is 83.1 Å². The molecule has 1 saturated heterocycles. The summed E-state index contributed by atoms with van der Waals surface area (Å²) >= 11 is 5.81. The molecule has 1 atom stereocenters. The summed E-state index contributed by atoms with van der Waals surface area (Å²) in [5.41, 5.74) is 1.80. The lowest BCUT2D eigenvalue weighted by atomic mass is 10.2. The molecule has 4 rings (SSSR count). The number of halogens is 1. The van der Waals surface area contributed by atoms with Crippen molar-refractivity contribution in [3.05, 3.63) is 59.4 Å². The highest BCUT2D eigenvalue weighted by Gasteiger charge is 2.32. The van der Waals surface area contributed by atoms with Gasteiger partial charge in [0.05, 0.1) is 27.7 Å². The van der Waals surface area contributed by atoms with Gasteiger partial charge in [0.2, 0.25) is 5.91 Å². The van der Waals surface area contributed by atoms with Gasteiger partial charge in [-0.25, -0.2) is 13.4 Å². The predicted octanol–water partition coefficient (Wildman–Crippen LogP) is 3.74. The number of para-hydroxylation sites is 2. The number of benzene rings is 2. The van der Waals surface area contributed by atoms with Gasteiger partial charge in [0, 0.05) is 18.0 Å². The van der Waals surface area contributed by atoms with Crippen molar-refractivity contribution in [3.8, 4) is 0 Å². The Hall–Kier alpha value is -2.38. The lowest BCUT2D eigenvalue weighted by molar-refractivity contribution is -0.131. The first-order valence-electron chi connectivity index (χ1n) is 9.16. The molecular weight excluding hydrogens is 398 g/mol. The number of sulfone groups is 1. The van der Waals surface area contributed by atoms with E-state index in [2.05, 4.69) is 9.97 Å². The minimum atomic E-state index is -3.53. The van der Waals surface area contributed by atoms with Crippen LogP contribution in [0.5, 0.6) is 0 Å². The second-order valence-corrected chi connectivity index (χ2v) is 9.45. The van der Waals surface area contributed by atoms with E-state index in [4.69, 9.17) is 11.6 Å². The zero-order chi connectivity index (χ0) is 19.7. The predicted molar refractivity (Wildman–Crippen MR) is 108 cm³/mol. The highest BCUT2D eigenvalue weighted by Crippen LogP contribution is 2.32. The van der Waals surface area contributed by atoms with Gasteiger partial charge >= 0.3 is 0 Å². The van der Waals surface area contributed by atoms with E-state index in [1.54, 1.807) is 4.90 Å². The van der Waals surface area contributed by atoms with E-state index in [9.17, 15) is 13.2 Å². The largest absolute Gasteiger partial charge is 0.340 e. The number of carbonyl (C=O) groups is 1. The molecule has 1 aromatic heterocycles. The maximum atomic E-state index is 12.8. The van der Waals surface area contributed by atoms with Crippen LogP contribution in [0.15, 0.2) is 53.4 Å². The van der Waals surface area contributed by atoms with Crippen LogP contribution in [0.25, 0.3) is 11.0 Å². The molecule has 1 fully saturated rings. The number of H-pyrrole nitrogens is 1. The van der Waals surface area contributed by atoms with E-state index in [1.165, 1.54) is 24.3 Å². The van der Waals surface area contributed by atoms with Crippen LogP contribution in [0.4, 0.5) is 0 Å². The Morgan fingerprint density at radius 2 is 1.93 bits per heavy atom. The monoisotopic (exact) mass is 417 g/mol. The number of rotatable bonds is 5. The number of fused-ring (bicyclic) bond motifs is 1. The van der Waals surface area contributed by atoms with Gasteiger partial charge in [0.15, 0.2) is 9.84 Å². The molecule has 1 unspecified atom stereocenters. The van der Waals surface area contributed by atoms with E-state index >= 15 is 0 Å². The number of hydrogen-bond donors (Lipinski definition) is 1. The number of carbonyl (C=O) groups excluding carboxylic acids is 1. The molecule has 146 valence electrons. The van der Waals surface area contributed by atoms with Gasteiger partial charge in [0.25, 0.3) is 0 Å². The summed E-state index contributed by atoms with van der Waals surface area (Å²) in [6.07, 6.45) is 1.63. The smallest absolute Gasteiger partial charge is 0.224 e. The van der Waals surface area contributed by atoms with Gasteiger partial charge in [0.1, 0.15) is 5.82 Å². The summed E-state index contributed by atoms with van der Waals surface area (Å²) in [6.45, 7) is 0.613. The molecule has 3 aromatic rings. The molecule has 2 heterocycles. The number of hydrogen-bond acceptors (Lipinski definition) is 4. The molecule has 1 amide bonds. The van der Waals surface area contributed by atoms with Crippen molar-refractivity contribution in [3.63, 3.8) is 0 Å². The third-order valence-corrected chi connectivity index (χ3v) is 7.04. The van der Waals surface area contributed by atoms with Crippen molar-refractivity contribution in [2.75, 3.05) is 12.3 Å². The Labute approximate surface area is 168 Å². The average molecular weight is 418 g/mol. The molecule has 0 saturated carbocycles. The summed E-state index contributed by atoms with van der Waals surface area (Å²) in [5.74, 6) is 0.365. The Bertz CT molecular complexity index is 1080. The Balaban J connectivity index is 1.47. The number of nitrogens with zero attached hydrogens (tertiary/aromatic N) is 2. The van der Waals surface area contributed by atoms with E-state index in [1.807, 2.05) is 24.3 Å². The number of imidazole rings is 1. The second-order valence-electron chi connectivity index (χ2n) is 6.91. The fraction of sp³-hybridized carbons (Fsp3) is 0.300. The summed E-state index contributed by atoms with van der Waals surface area (Å²) in [5, 5.41) is 0.473. The second kappa shape index (κ2) is 7.56. The zero-order valence-corrected chi connectivity index (χ0v) is 16.7. The highest BCUT2D eigenvalue weighted by atomic mass is 35.5. The van der Waals surface area contributed by atoms with E-state index in [-0.39, 0.29) is 29.0 Å². The summed E-state index contributed by atoms with van der Waals surface area (Å²) in [4.78, 5) is 22.6. The van der Waals surface area contributed by atoms with Crippen molar-refractivity contribution in [1.29, 1.82) is 0 Å². The molecule has 1 N–H and O–H groups in total. The first-order chi connectivity index (χ1) is 13.4. The molecule has 8 heteroatoms. The average Bonchev–Trinajstić information content (AvgIpc) is 3.33. The Kier molecular flexibility index (Phi) is 5.12. The standard InChI is InChI=1S/C20H20ClN3O3S/c21-14-7-9-15(10-8-14)28(26,27)13-11-19(25)24-12-3-6-18(24)20-22-16-4-1-2-5-17(16)23-20/h1-2,4-5,7-10,18H,3,6,11-13H2,(H,22,23). The normalized spacial score (nSPS) is 17.3. The van der Waals surface area contributed by atoms with Crippen LogP contribution in [-0.4, -0.2) is 41.5 Å². The van der Waals surface area contributed by atoms with Crippen molar-refractivity contribution >= 4 is 38.4 Å². The molecule has 2 aromatic carbocycles. The van der Waals surface area contributed by atoms with Crippen molar-refractivity contribution in [2.45, 2.75) is 30.2 Å². The minimum Gasteiger partial charge on any atom is -0.340 e. The minimum absolute atomic E-state index is 0.0539. The molecule has 0 radical (unpaired) electrons. The molecule has 0 bridgehead atoms. The number of aromatic amines is 1. The van der Waals surface area contributed by atoms with Crippen LogP contribution in [0.2, 0.25) is 5.02 Å². The number of aromatic nitrogens is 2. The summed E-state index contributed by atoms with van der Waals surface area (Å²) in [6, 6.07) is 13.6. The summed E-state index contributed by atoms with van der Waals surface area (Å²) in [7, 11) is -3.53. The fourth-order valence-corrected chi connectivity index (χ4v) is 4.96. The molecule has 1 aliphatic rings. The van der Waals surface area contributed by atoms with Crippen LogP contribution in [0.3, 0.4) is 0 Å². The molecule has 0 spiro atoms. The maximum Gasteiger partial charge on any atom is 0.224 e. The SMILES string of the molecule is O=C(CCS(=O)(=O)c1ccc(Cl)cc1)N1CCCC1c1nc2ccccc2[nH]1. The first-order valence-corrected chi connectivity index (χ1v) is 11.2. The van der Waals surface area contributed by atoms with Crippen LogP contribution >= 0.6 is 11.6 Å². The highest BCUT2D eigenvalue weighted by molar-refractivity contribution is 7.91. The molecular formula is C20H20ClN3O3S. The van der Waals surface area contributed by atoms with Crippen LogP contribution in [0, 0.1) is 0 Å². The van der Waals surface area contributed by atoms with Crippen LogP contribution in [-0.2, 0) is 14.6 Å². The van der Waals surface area contributed by atoms with Crippen LogP contribution < -0.4 is 0 Å². The number of nitrogens with one attached hydrogen (secondary N) is 1. The quantitative estimate of drug-likeness (QED) is 0.685. The van der Waals surface area contributed by atoms with E-state index in [0.29, 0.717) is 11.6 Å². The van der Waals surface area contributed by atoms with Crippen LogP contribution in [0.1, 0.15) is 31.1 Å².